The average molecular weight is 1650 g/mol. The lowest BCUT2D eigenvalue weighted by molar-refractivity contribution is -0.155. The summed E-state index contributed by atoms with van der Waals surface area (Å²) in [5.74, 6) is -18.9. The second kappa shape index (κ2) is 31.1. The van der Waals surface area contributed by atoms with Gasteiger partial charge in [-0.15, -0.1) is 0 Å². The van der Waals surface area contributed by atoms with Crippen LogP contribution < -0.4 is 27.8 Å². The monoisotopic (exact) mass is 1650 g/mol. The van der Waals surface area contributed by atoms with Gasteiger partial charge in [0.25, 0.3) is 17.7 Å². The zero-order valence-corrected chi connectivity index (χ0v) is 68.4. The Hall–Kier alpha value is -11.8. The molecule has 9 aliphatic carbocycles. The summed E-state index contributed by atoms with van der Waals surface area (Å²) in [6, 6.07) is 11.5. The van der Waals surface area contributed by atoms with Gasteiger partial charge < -0.3 is 107 Å². The molecule has 0 saturated heterocycles. The Labute approximate surface area is 688 Å². The standard InChI is InChI=1S/C30H35N3O8.C29H33N3O8.C28H31N3O8/c1-29(2,3)32-12-13-8-9-41-25(13)15-6-7-18(34)20-16(15)10-14-11-17-22(33(4)5)24(36)21(28(31)39)27(38)30(17,40)26(37)19(14)23(20)35;1-12(2)31-11-13-7-8-40-25(13)15-5-6-18(33)20-16(15)9-14-10-17-22(32(3)4)24(35)21(28(30)38)27(37)29(17,39)26(36)19(14)23(20)34;1-30(2)11-12-7-8-39-24(12)14-5-6-17(32)19-15(14)9-13-10-16-21(31(3)4)23(34)20(27(29)37)26(36)28(16,38)25(35)18(13)22(19)33/h6-9,14,17,22,32,34-35,38,40H,10-12H2,1-5H3,(H2,31,39);5-8,12,14,17,22,31,33-34,37,39H,9-11H2,1-4H3,(H2,30,38);5-8,13,16,21,32-33,36,38H,9-11H2,1-4H3,(H2,29,37)/t14-,17-,22-,30-;14-,17-,22-,29-;13-,16-,21+,28-/m000/s1. The van der Waals surface area contributed by atoms with Gasteiger partial charge in [-0.2, -0.15) is 0 Å². The first kappa shape index (κ1) is 86.1. The van der Waals surface area contributed by atoms with Crippen LogP contribution in [0.3, 0.4) is 0 Å². The van der Waals surface area contributed by atoms with Gasteiger partial charge in [-0.05, 0) is 205 Å². The third kappa shape index (κ3) is 13.6. The molecule has 3 fully saturated rings. The van der Waals surface area contributed by atoms with Crippen LogP contribution in [0.15, 0.2) is 137 Å². The molecule has 33 nitrogen and oxygen atoms in total. The van der Waals surface area contributed by atoms with Crippen molar-refractivity contribution in [2.75, 3.05) is 56.4 Å². The van der Waals surface area contributed by atoms with Gasteiger partial charge in [0.05, 0.1) is 53.6 Å². The molecule has 9 aliphatic rings. The summed E-state index contributed by atoms with van der Waals surface area (Å²) in [6.45, 7) is 11.7. The number of aliphatic hydroxyl groups excluding tert-OH is 6. The van der Waals surface area contributed by atoms with Gasteiger partial charge in [-0.3, -0.25) is 57.9 Å². The molecule has 0 aliphatic heterocycles. The molecule has 33 heteroatoms. The van der Waals surface area contributed by atoms with Crippen LogP contribution in [0, 0.1) is 35.5 Å². The largest absolute Gasteiger partial charge is 0.508 e. The number of amides is 3. The van der Waals surface area contributed by atoms with Crippen LogP contribution in [0.2, 0.25) is 0 Å². The number of aliphatic hydroxyl groups is 9. The number of nitrogens with zero attached hydrogens (tertiary/aromatic N) is 4. The molecule has 20 N–H and O–H groups in total. The summed E-state index contributed by atoms with van der Waals surface area (Å²) in [7, 11) is 13.2. The molecule has 3 aromatic carbocycles. The zero-order chi connectivity index (χ0) is 88.0. The van der Waals surface area contributed by atoms with Gasteiger partial charge in [0.2, 0.25) is 17.3 Å². The number of phenols is 3. The summed E-state index contributed by atoms with van der Waals surface area (Å²) in [5, 5.41) is 142. The normalized spacial score (nSPS) is 26.4. The van der Waals surface area contributed by atoms with Gasteiger partial charge >= 0.3 is 0 Å². The van der Waals surface area contributed by atoms with Crippen molar-refractivity contribution in [3.8, 4) is 51.2 Å². The molecule has 120 heavy (non-hydrogen) atoms. The number of phenolic OH excluding ortho intramolecular Hbond substituents is 3. The van der Waals surface area contributed by atoms with Gasteiger partial charge in [-0.25, -0.2) is 0 Å². The third-order valence-corrected chi connectivity index (χ3v) is 24.8. The van der Waals surface area contributed by atoms with Crippen molar-refractivity contribution in [3.63, 3.8) is 0 Å². The second-order valence-corrected chi connectivity index (χ2v) is 34.5. The van der Waals surface area contributed by atoms with Crippen molar-refractivity contribution in [2.24, 2.45) is 52.7 Å². The number of primary amides is 3. The maximum atomic E-state index is 14.0. The molecule has 3 saturated carbocycles. The zero-order valence-electron chi connectivity index (χ0n) is 68.4. The first-order valence-corrected chi connectivity index (χ1v) is 39.0. The summed E-state index contributed by atoms with van der Waals surface area (Å²) < 4.78 is 17.5. The SMILES string of the molecule is CC(C)NCc1ccoc1-c1ccc(O)c2c1C[C@H]1C[C@H]3[C@H](N(C)C)C(=O)C(C(N)=O)=C(O)[C@@]3(O)C(=O)C1=C2O.CN(C)Cc1ccoc1-c1ccc(O)c2c1C[C@H]1C[C@H]3[C@@H](N(C)C)C(=O)C(C(N)=O)=C(O)[C@@]3(O)C(=O)C1=C2O.CN(C)[C@@H]1C(=O)C(C(N)=O)=C(O)[C@@]2(O)C(=O)C3=C(O)c4c(O)ccc(-c5occc5CNC(C)(C)C)c4C[C@H]3C[C@@H]12. The molecular formula is C87H99N9O24. The fraction of sp³-hybridized carbons (Fsp3) is 0.414. The maximum Gasteiger partial charge on any atom is 0.255 e. The first-order valence-electron chi connectivity index (χ1n) is 39.0. The molecule has 0 radical (unpaired) electrons. The summed E-state index contributed by atoms with van der Waals surface area (Å²) in [4.78, 5) is 124. The highest BCUT2D eigenvalue weighted by Gasteiger charge is 2.68. The van der Waals surface area contributed by atoms with E-state index in [1.165, 1.54) is 32.9 Å². The quantitative estimate of drug-likeness (QED) is 0.0559. The fourth-order valence-corrected chi connectivity index (χ4v) is 19.5. The van der Waals surface area contributed by atoms with E-state index in [9.17, 15) is 104 Å². The minimum absolute atomic E-state index is 0.0114. The number of carbonyl (C=O) groups is 9. The van der Waals surface area contributed by atoms with E-state index in [1.807, 2.05) is 71.8 Å². The van der Waals surface area contributed by atoms with Crippen molar-refractivity contribution >= 4 is 69.7 Å². The molecule has 3 heterocycles. The molecule has 636 valence electrons. The topological polar surface area (TPSA) is 551 Å². The smallest absolute Gasteiger partial charge is 0.255 e. The number of ketones is 6. The Kier molecular flexibility index (Phi) is 22.3. The number of nitrogens with two attached hydrogens (primary N) is 3. The van der Waals surface area contributed by atoms with E-state index in [-0.39, 0.29) is 101 Å². The summed E-state index contributed by atoms with van der Waals surface area (Å²) >= 11 is 0. The average Bonchev–Trinajstić information content (AvgIpc) is 0.801. The molecule has 3 amide bonds. The number of nitrogens with one attached hydrogen (secondary N) is 2. The molecule has 3 aromatic heterocycles. The first-order chi connectivity index (χ1) is 56.2. The molecule has 0 unspecified atom stereocenters. The number of furan rings is 3. The number of likely N-dealkylation sites (N-methyl/N-ethyl adjacent to an activating group) is 3. The van der Waals surface area contributed by atoms with E-state index < -0.39 is 174 Å². The van der Waals surface area contributed by atoms with Crippen LogP contribution in [0.4, 0.5) is 0 Å². The van der Waals surface area contributed by atoms with Crippen molar-refractivity contribution in [1.82, 2.24) is 30.2 Å². The number of rotatable bonds is 16. The number of fused-ring (bicyclic) bond motifs is 9. The Bertz CT molecular complexity index is 5600. The Balaban J connectivity index is 0.000000156. The number of aromatic hydroxyl groups is 3. The lowest BCUT2D eigenvalue weighted by atomic mass is 9.57. The van der Waals surface area contributed by atoms with E-state index in [2.05, 4.69) is 10.6 Å². The van der Waals surface area contributed by atoms with Crippen molar-refractivity contribution in [3.05, 3.63) is 174 Å². The van der Waals surface area contributed by atoms with Crippen molar-refractivity contribution in [1.29, 1.82) is 0 Å². The predicted octanol–water partition coefficient (Wildman–Crippen LogP) is 5.12. The van der Waals surface area contributed by atoms with E-state index in [0.717, 1.165) is 16.7 Å². The highest BCUT2D eigenvalue weighted by molar-refractivity contribution is 6.27. The number of carbonyl (C=O) groups excluding carboxylic acids is 9. The van der Waals surface area contributed by atoms with Gasteiger partial charge in [-0.1, -0.05) is 13.8 Å². The van der Waals surface area contributed by atoms with Gasteiger partial charge in [0.1, 0.15) is 85.8 Å². The minimum atomic E-state index is -2.68. The third-order valence-electron chi connectivity index (χ3n) is 24.8. The Morgan fingerprint density at radius 1 is 0.450 bits per heavy atom. The Morgan fingerprint density at radius 2 is 0.733 bits per heavy atom. The molecule has 15 rings (SSSR count). The number of hydrogen-bond donors (Lipinski definition) is 17. The Morgan fingerprint density at radius 3 is 1.00 bits per heavy atom. The maximum absolute atomic E-state index is 14.0. The van der Waals surface area contributed by atoms with Crippen molar-refractivity contribution < 1.29 is 118 Å². The molecule has 6 aromatic rings. The lowest BCUT2D eigenvalue weighted by Crippen LogP contribution is -2.65. The van der Waals surface area contributed by atoms with Crippen LogP contribution >= 0.6 is 0 Å². The van der Waals surface area contributed by atoms with Crippen LogP contribution in [0.25, 0.3) is 51.2 Å². The molecular weight excluding hydrogens is 1550 g/mol. The van der Waals surface area contributed by atoms with Crippen LogP contribution in [-0.2, 0) is 82.0 Å². The highest BCUT2D eigenvalue weighted by Crippen LogP contribution is 2.59. The van der Waals surface area contributed by atoms with Crippen LogP contribution in [0.1, 0.15) is 104 Å². The number of benzene rings is 3. The van der Waals surface area contributed by atoms with E-state index in [1.54, 1.807) is 79.3 Å². The fourth-order valence-electron chi connectivity index (χ4n) is 19.5. The molecule has 0 spiro atoms. The van der Waals surface area contributed by atoms with E-state index in [4.69, 9.17) is 30.5 Å². The number of Topliss-reactive ketones (excluding diaryl/α,β-unsaturated/α-hetero) is 6. The lowest BCUT2D eigenvalue weighted by Gasteiger charge is -2.50. The minimum Gasteiger partial charge on any atom is -0.508 e. The second-order valence-electron chi connectivity index (χ2n) is 34.5. The van der Waals surface area contributed by atoms with Crippen LogP contribution in [0.5, 0.6) is 17.2 Å². The van der Waals surface area contributed by atoms with E-state index in [0.29, 0.717) is 70.3 Å². The van der Waals surface area contributed by atoms with Gasteiger partial charge in [0.15, 0.2) is 34.2 Å². The number of hydrogen-bond acceptors (Lipinski definition) is 30. The molecule has 12 atom stereocenters. The molecule has 0 bridgehead atoms. The predicted molar refractivity (Wildman–Crippen MR) is 432 cm³/mol. The highest BCUT2D eigenvalue weighted by atomic mass is 16.4. The van der Waals surface area contributed by atoms with E-state index >= 15 is 0 Å². The summed E-state index contributed by atoms with van der Waals surface area (Å²) in [5.41, 5.74) is 11.0. The summed E-state index contributed by atoms with van der Waals surface area (Å²) in [6.07, 6.45) is 5.25. The van der Waals surface area contributed by atoms with Crippen LogP contribution in [-0.4, -0.2) is 236 Å². The van der Waals surface area contributed by atoms with Crippen molar-refractivity contribution in [2.45, 2.75) is 139 Å². The van der Waals surface area contributed by atoms with Gasteiger partial charge in [0, 0.05) is 99.1 Å².